The number of likely N-dealkylation sites (tertiary alicyclic amines) is 1. The normalized spacial score (nSPS) is 18.1. The highest BCUT2D eigenvalue weighted by Gasteiger charge is 2.26. The van der Waals surface area contributed by atoms with Crippen molar-refractivity contribution in [2.45, 2.75) is 45.4 Å². The van der Waals surface area contributed by atoms with Crippen LogP contribution < -0.4 is 0 Å². The number of hydrogen-bond acceptors (Lipinski definition) is 5. The zero-order valence-electron chi connectivity index (χ0n) is 19.3. The van der Waals surface area contributed by atoms with Gasteiger partial charge in [0.2, 0.25) is 5.91 Å². The molecule has 2 fully saturated rings. The molecule has 1 aromatic carbocycles. The van der Waals surface area contributed by atoms with Gasteiger partial charge in [-0.05, 0) is 24.3 Å². The fourth-order valence-corrected chi connectivity index (χ4v) is 5.20. The van der Waals surface area contributed by atoms with Crippen molar-refractivity contribution in [3.8, 4) is 10.6 Å². The molecule has 2 aliphatic rings. The van der Waals surface area contributed by atoms with Gasteiger partial charge in [0.25, 0.3) is 5.91 Å². The summed E-state index contributed by atoms with van der Waals surface area (Å²) in [5.41, 5.74) is 2.87. The van der Waals surface area contributed by atoms with Gasteiger partial charge in [0.15, 0.2) is 0 Å². The van der Waals surface area contributed by atoms with E-state index >= 15 is 0 Å². The predicted octanol–water partition coefficient (Wildman–Crippen LogP) is 4.09. The topological polar surface area (TPSA) is 56.8 Å². The molecule has 2 aromatic rings. The highest BCUT2D eigenvalue weighted by atomic mass is 32.1. The lowest BCUT2D eigenvalue weighted by Gasteiger charge is -2.35. The number of carbonyl (C=O) groups is 2. The molecule has 32 heavy (non-hydrogen) atoms. The molecule has 4 rings (SSSR count). The number of benzene rings is 1. The Hall–Kier alpha value is -2.25. The molecular formula is C25H34N4O2S. The summed E-state index contributed by atoms with van der Waals surface area (Å²) < 4.78 is 0. The Morgan fingerprint density at radius 1 is 0.906 bits per heavy atom. The third kappa shape index (κ3) is 5.56. The molecule has 7 heteroatoms. The van der Waals surface area contributed by atoms with E-state index in [9.17, 15) is 9.59 Å². The van der Waals surface area contributed by atoms with Crippen molar-refractivity contribution < 1.29 is 9.59 Å². The van der Waals surface area contributed by atoms with Crippen molar-refractivity contribution >= 4 is 23.2 Å². The van der Waals surface area contributed by atoms with E-state index < -0.39 is 0 Å². The van der Waals surface area contributed by atoms with Crippen molar-refractivity contribution in [2.24, 2.45) is 0 Å². The van der Waals surface area contributed by atoms with Gasteiger partial charge >= 0.3 is 0 Å². The van der Waals surface area contributed by atoms with Gasteiger partial charge in [-0.2, -0.15) is 0 Å². The van der Waals surface area contributed by atoms with Gasteiger partial charge in [-0.15, -0.1) is 11.3 Å². The molecule has 6 nitrogen and oxygen atoms in total. The number of rotatable bonds is 5. The lowest BCUT2D eigenvalue weighted by molar-refractivity contribution is -0.132. The van der Waals surface area contributed by atoms with E-state index in [1.807, 2.05) is 15.2 Å². The van der Waals surface area contributed by atoms with Crippen LogP contribution in [-0.2, 0) is 4.79 Å². The summed E-state index contributed by atoms with van der Waals surface area (Å²) in [6, 6.07) is 8.44. The van der Waals surface area contributed by atoms with E-state index in [1.165, 1.54) is 29.7 Å². The molecule has 3 heterocycles. The van der Waals surface area contributed by atoms with Crippen LogP contribution in [0.25, 0.3) is 10.6 Å². The van der Waals surface area contributed by atoms with E-state index in [4.69, 9.17) is 0 Å². The minimum Gasteiger partial charge on any atom is -0.342 e. The Labute approximate surface area is 195 Å². The predicted molar refractivity (Wildman–Crippen MR) is 129 cm³/mol. The molecule has 0 aliphatic carbocycles. The fraction of sp³-hybridized carbons (Fsp3) is 0.560. The van der Waals surface area contributed by atoms with Crippen LogP contribution >= 0.6 is 11.3 Å². The Balaban J connectivity index is 1.29. The third-order valence-electron chi connectivity index (χ3n) is 6.52. The molecule has 2 amide bonds. The summed E-state index contributed by atoms with van der Waals surface area (Å²) in [4.78, 5) is 36.3. The highest BCUT2D eigenvalue weighted by molar-refractivity contribution is 7.13. The van der Waals surface area contributed by atoms with Crippen LogP contribution in [0.2, 0.25) is 0 Å². The number of thiazole rings is 1. The third-order valence-corrected chi connectivity index (χ3v) is 7.42. The molecule has 1 aromatic heterocycles. The quantitative estimate of drug-likeness (QED) is 0.683. The number of aromatic nitrogens is 1. The SMILES string of the molecule is CC(C)c1ccc(-c2nc(C(=O)N3CCN(CC(=O)N4CCCCCC4)CC3)cs2)cc1. The Kier molecular flexibility index (Phi) is 7.58. The summed E-state index contributed by atoms with van der Waals surface area (Å²) in [5.74, 6) is 0.722. The Morgan fingerprint density at radius 2 is 1.56 bits per heavy atom. The van der Waals surface area contributed by atoms with Crippen LogP contribution in [0.1, 0.15) is 61.5 Å². The van der Waals surface area contributed by atoms with Crippen molar-refractivity contribution in [1.82, 2.24) is 19.7 Å². The second kappa shape index (κ2) is 10.6. The van der Waals surface area contributed by atoms with Gasteiger partial charge in [0.05, 0.1) is 6.54 Å². The number of piperazine rings is 1. The molecule has 172 valence electrons. The minimum absolute atomic E-state index is 0.00945. The first-order chi connectivity index (χ1) is 15.5. The average Bonchev–Trinajstić information content (AvgIpc) is 3.14. The van der Waals surface area contributed by atoms with Crippen LogP contribution in [-0.4, -0.2) is 77.3 Å². The van der Waals surface area contributed by atoms with E-state index in [2.05, 4.69) is 48.0 Å². The van der Waals surface area contributed by atoms with Crippen LogP contribution in [0.5, 0.6) is 0 Å². The zero-order chi connectivity index (χ0) is 22.5. The number of nitrogens with zero attached hydrogens (tertiary/aromatic N) is 4. The Bertz CT molecular complexity index is 908. The van der Waals surface area contributed by atoms with Gasteiger partial charge < -0.3 is 9.80 Å². The molecule has 0 bridgehead atoms. The second-order valence-electron chi connectivity index (χ2n) is 9.18. The molecule has 2 saturated heterocycles. The molecule has 0 radical (unpaired) electrons. The molecule has 0 spiro atoms. The lowest BCUT2D eigenvalue weighted by atomic mass is 10.0. The van der Waals surface area contributed by atoms with Crippen LogP contribution in [0.4, 0.5) is 0 Å². The van der Waals surface area contributed by atoms with Crippen molar-refractivity contribution in [2.75, 3.05) is 45.8 Å². The van der Waals surface area contributed by atoms with Crippen LogP contribution in [0, 0.1) is 0 Å². The zero-order valence-corrected chi connectivity index (χ0v) is 20.1. The number of hydrogen-bond donors (Lipinski definition) is 0. The summed E-state index contributed by atoms with van der Waals surface area (Å²) in [5, 5.41) is 2.74. The largest absolute Gasteiger partial charge is 0.342 e. The molecule has 0 N–H and O–H groups in total. The van der Waals surface area contributed by atoms with Crippen molar-refractivity contribution in [1.29, 1.82) is 0 Å². The Morgan fingerprint density at radius 3 is 2.19 bits per heavy atom. The van der Waals surface area contributed by atoms with E-state index in [-0.39, 0.29) is 11.8 Å². The molecular weight excluding hydrogens is 420 g/mol. The van der Waals surface area contributed by atoms with E-state index in [0.717, 1.165) is 49.6 Å². The number of amides is 2. The van der Waals surface area contributed by atoms with Gasteiger partial charge in [0.1, 0.15) is 10.7 Å². The number of carbonyl (C=O) groups excluding carboxylic acids is 2. The fourth-order valence-electron chi connectivity index (χ4n) is 4.40. The summed E-state index contributed by atoms with van der Waals surface area (Å²) in [6.07, 6.45) is 4.69. The van der Waals surface area contributed by atoms with Gasteiger partial charge in [0, 0.05) is 50.2 Å². The van der Waals surface area contributed by atoms with Gasteiger partial charge in [-0.1, -0.05) is 51.0 Å². The maximum atomic E-state index is 13.0. The molecule has 0 atom stereocenters. The average molecular weight is 455 g/mol. The first-order valence-corrected chi connectivity index (χ1v) is 12.7. The summed E-state index contributed by atoms with van der Waals surface area (Å²) >= 11 is 1.52. The first-order valence-electron chi connectivity index (χ1n) is 11.9. The first kappa shape index (κ1) is 22.9. The summed E-state index contributed by atoms with van der Waals surface area (Å²) in [6.45, 7) is 9.37. The van der Waals surface area contributed by atoms with Crippen molar-refractivity contribution in [3.05, 3.63) is 40.9 Å². The highest BCUT2D eigenvalue weighted by Crippen LogP contribution is 2.26. The van der Waals surface area contributed by atoms with Gasteiger partial charge in [-0.25, -0.2) is 4.98 Å². The molecule has 2 aliphatic heterocycles. The lowest BCUT2D eigenvalue weighted by Crippen LogP contribution is -2.51. The van der Waals surface area contributed by atoms with E-state index in [0.29, 0.717) is 31.2 Å². The summed E-state index contributed by atoms with van der Waals surface area (Å²) in [7, 11) is 0. The van der Waals surface area contributed by atoms with Crippen molar-refractivity contribution in [3.63, 3.8) is 0 Å². The van der Waals surface area contributed by atoms with Crippen LogP contribution in [0.15, 0.2) is 29.6 Å². The van der Waals surface area contributed by atoms with Crippen LogP contribution in [0.3, 0.4) is 0 Å². The van der Waals surface area contributed by atoms with Gasteiger partial charge in [-0.3, -0.25) is 14.5 Å². The minimum atomic E-state index is -0.00945. The maximum Gasteiger partial charge on any atom is 0.273 e. The maximum absolute atomic E-state index is 13.0. The van der Waals surface area contributed by atoms with E-state index in [1.54, 1.807) is 0 Å². The molecule has 0 saturated carbocycles. The molecule has 0 unspecified atom stereocenters. The second-order valence-corrected chi connectivity index (χ2v) is 10.0. The standard InChI is InChI=1S/C25H34N4O2S/c1-19(2)20-7-9-21(10-8-20)24-26-22(18-32-24)25(31)29-15-13-27(14-16-29)17-23(30)28-11-5-3-4-6-12-28/h7-10,18-19H,3-6,11-17H2,1-2H3. The smallest absolute Gasteiger partial charge is 0.273 e. The monoisotopic (exact) mass is 454 g/mol.